The predicted octanol–water partition coefficient (Wildman–Crippen LogP) is 5.53. The molecule has 0 aliphatic carbocycles. The first-order valence-electron chi connectivity index (χ1n) is 9.13. The molecular weight excluding hydrogens is 488 g/mol. The Kier molecular flexibility index (Phi) is 7.49. The van der Waals surface area contributed by atoms with E-state index in [0.717, 1.165) is 16.9 Å². The molecule has 3 aromatic rings. The normalized spacial score (nSPS) is 10.4. The molecule has 160 valence electrons. The molecule has 3 aromatic carbocycles. The standard InChI is InChI=1S/C22H18BrClN2O5/c1-30-17-8-4-15(5-9-17)13-31-21-10-18(20(26(28)29)11-19(21)23)22(27)25-12-14-2-6-16(24)7-3-14/h2-11H,12-13H2,1H3,(H,25,27). The number of ether oxygens (including phenoxy) is 2. The van der Waals surface area contributed by atoms with Crippen LogP contribution in [0.15, 0.2) is 65.1 Å². The van der Waals surface area contributed by atoms with Crippen LogP contribution in [0.1, 0.15) is 21.5 Å². The highest BCUT2D eigenvalue weighted by atomic mass is 79.9. The lowest BCUT2D eigenvalue weighted by Crippen LogP contribution is -2.23. The van der Waals surface area contributed by atoms with Crippen LogP contribution in [0.4, 0.5) is 5.69 Å². The number of nitrogens with one attached hydrogen (secondary N) is 1. The molecule has 0 atom stereocenters. The van der Waals surface area contributed by atoms with Gasteiger partial charge in [-0.25, -0.2) is 0 Å². The predicted molar refractivity (Wildman–Crippen MR) is 121 cm³/mol. The Hall–Kier alpha value is -3.10. The van der Waals surface area contributed by atoms with Gasteiger partial charge in [-0.1, -0.05) is 35.9 Å². The average molecular weight is 506 g/mol. The number of amides is 1. The first-order chi connectivity index (χ1) is 14.9. The molecule has 0 aliphatic heterocycles. The van der Waals surface area contributed by atoms with Crippen molar-refractivity contribution in [2.24, 2.45) is 0 Å². The number of benzene rings is 3. The summed E-state index contributed by atoms with van der Waals surface area (Å²) in [6.45, 7) is 0.414. The summed E-state index contributed by atoms with van der Waals surface area (Å²) < 4.78 is 11.3. The number of methoxy groups -OCH3 is 1. The van der Waals surface area contributed by atoms with Crippen LogP contribution in [0.3, 0.4) is 0 Å². The summed E-state index contributed by atoms with van der Waals surface area (Å²) in [5, 5.41) is 14.8. The summed E-state index contributed by atoms with van der Waals surface area (Å²) in [6, 6.07) is 16.9. The summed E-state index contributed by atoms with van der Waals surface area (Å²) in [4.78, 5) is 23.6. The zero-order valence-electron chi connectivity index (χ0n) is 16.4. The number of nitrogens with zero attached hydrogens (tertiary/aromatic N) is 1. The third-order valence-electron chi connectivity index (χ3n) is 4.41. The summed E-state index contributed by atoms with van der Waals surface area (Å²) in [7, 11) is 1.58. The highest BCUT2D eigenvalue weighted by molar-refractivity contribution is 9.10. The quantitative estimate of drug-likeness (QED) is 0.321. The van der Waals surface area contributed by atoms with Gasteiger partial charge in [0.2, 0.25) is 0 Å². The Morgan fingerprint density at radius 2 is 1.74 bits per heavy atom. The van der Waals surface area contributed by atoms with Crippen LogP contribution < -0.4 is 14.8 Å². The second-order valence-electron chi connectivity index (χ2n) is 6.50. The largest absolute Gasteiger partial charge is 0.497 e. The Labute approximate surface area is 192 Å². The fourth-order valence-electron chi connectivity index (χ4n) is 2.75. The van der Waals surface area contributed by atoms with Crippen molar-refractivity contribution in [3.05, 3.63) is 97.0 Å². The lowest BCUT2D eigenvalue weighted by Gasteiger charge is -2.12. The maximum Gasteiger partial charge on any atom is 0.283 e. The van der Waals surface area contributed by atoms with Crippen LogP contribution in [0.5, 0.6) is 11.5 Å². The van der Waals surface area contributed by atoms with E-state index in [2.05, 4.69) is 21.2 Å². The summed E-state index contributed by atoms with van der Waals surface area (Å²) in [5.74, 6) is 0.460. The summed E-state index contributed by atoms with van der Waals surface area (Å²) in [5.41, 5.74) is 1.28. The van der Waals surface area contributed by atoms with Crippen molar-refractivity contribution in [3.8, 4) is 11.5 Å². The Morgan fingerprint density at radius 1 is 1.10 bits per heavy atom. The van der Waals surface area contributed by atoms with Crippen LogP contribution in [0.2, 0.25) is 5.02 Å². The molecule has 0 aromatic heterocycles. The first-order valence-corrected chi connectivity index (χ1v) is 10.3. The third-order valence-corrected chi connectivity index (χ3v) is 5.28. The second kappa shape index (κ2) is 10.3. The second-order valence-corrected chi connectivity index (χ2v) is 7.79. The van der Waals surface area contributed by atoms with E-state index in [0.29, 0.717) is 15.2 Å². The van der Waals surface area contributed by atoms with E-state index >= 15 is 0 Å². The third kappa shape index (κ3) is 5.96. The lowest BCUT2D eigenvalue weighted by atomic mass is 10.1. The molecule has 0 heterocycles. The smallest absolute Gasteiger partial charge is 0.283 e. The van der Waals surface area contributed by atoms with Crippen molar-refractivity contribution in [2.75, 3.05) is 7.11 Å². The van der Waals surface area contributed by atoms with Crippen LogP contribution in [-0.4, -0.2) is 17.9 Å². The molecule has 0 bridgehead atoms. The molecule has 0 spiro atoms. The van der Waals surface area contributed by atoms with Gasteiger partial charge in [-0.2, -0.15) is 0 Å². The van der Waals surface area contributed by atoms with Crippen molar-refractivity contribution in [2.45, 2.75) is 13.2 Å². The topological polar surface area (TPSA) is 90.7 Å². The van der Waals surface area contributed by atoms with Gasteiger partial charge < -0.3 is 14.8 Å². The van der Waals surface area contributed by atoms with E-state index in [1.165, 1.54) is 12.1 Å². The van der Waals surface area contributed by atoms with Crippen molar-refractivity contribution >= 4 is 39.1 Å². The fraction of sp³-hybridized carbons (Fsp3) is 0.136. The minimum Gasteiger partial charge on any atom is -0.497 e. The van der Waals surface area contributed by atoms with Crippen molar-refractivity contribution in [1.82, 2.24) is 5.32 Å². The van der Waals surface area contributed by atoms with Crippen molar-refractivity contribution < 1.29 is 19.2 Å². The molecule has 1 N–H and O–H groups in total. The van der Waals surface area contributed by atoms with E-state index in [-0.39, 0.29) is 24.4 Å². The van der Waals surface area contributed by atoms with Gasteiger partial charge in [0.15, 0.2) is 0 Å². The molecule has 31 heavy (non-hydrogen) atoms. The van der Waals surface area contributed by atoms with Crippen molar-refractivity contribution in [3.63, 3.8) is 0 Å². The summed E-state index contributed by atoms with van der Waals surface area (Å²) in [6.07, 6.45) is 0. The number of rotatable bonds is 8. The van der Waals surface area contributed by atoms with E-state index in [1.54, 1.807) is 43.5 Å². The van der Waals surface area contributed by atoms with E-state index < -0.39 is 10.8 Å². The number of carbonyl (C=O) groups excluding carboxylic acids is 1. The maximum atomic E-state index is 12.7. The summed E-state index contributed by atoms with van der Waals surface area (Å²) >= 11 is 9.14. The van der Waals surface area contributed by atoms with E-state index in [9.17, 15) is 14.9 Å². The van der Waals surface area contributed by atoms with Gasteiger partial charge in [0.05, 0.1) is 16.5 Å². The van der Waals surface area contributed by atoms with E-state index in [1.807, 2.05) is 12.1 Å². The van der Waals surface area contributed by atoms with Gasteiger partial charge in [-0.15, -0.1) is 0 Å². The molecule has 1 amide bonds. The SMILES string of the molecule is COc1ccc(COc2cc(C(=O)NCc3ccc(Cl)cc3)c([N+](=O)[O-])cc2Br)cc1. The molecule has 0 saturated heterocycles. The maximum absolute atomic E-state index is 12.7. The van der Waals surface area contributed by atoms with Crippen LogP contribution in [-0.2, 0) is 13.2 Å². The van der Waals surface area contributed by atoms with Crippen LogP contribution in [0, 0.1) is 10.1 Å². The average Bonchev–Trinajstić information content (AvgIpc) is 2.77. The molecule has 0 aliphatic rings. The van der Waals surface area contributed by atoms with Gasteiger partial charge in [-0.3, -0.25) is 14.9 Å². The van der Waals surface area contributed by atoms with Gasteiger partial charge in [-0.05, 0) is 51.3 Å². The number of hydrogen-bond acceptors (Lipinski definition) is 5. The Balaban J connectivity index is 1.77. The Morgan fingerprint density at radius 3 is 2.35 bits per heavy atom. The Bertz CT molecular complexity index is 1090. The molecule has 0 radical (unpaired) electrons. The minimum atomic E-state index is -0.602. The van der Waals surface area contributed by atoms with Crippen LogP contribution >= 0.6 is 27.5 Å². The van der Waals surface area contributed by atoms with E-state index in [4.69, 9.17) is 21.1 Å². The number of nitro groups is 1. The highest BCUT2D eigenvalue weighted by Gasteiger charge is 2.23. The monoisotopic (exact) mass is 504 g/mol. The zero-order chi connectivity index (χ0) is 22.4. The van der Waals surface area contributed by atoms with Gasteiger partial charge in [0.25, 0.3) is 11.6 Å². The highest BCUT2D eigenvalue weighted by Crippen LogP contribution is 2.33. The van der Waals surface area contributed by atoms with Gasteiger partial charge in [0.1, 0.15) is 23.7 Å². The molecule has 9 heteroatoms. The number of carbonyl (C=O) groups is 1. The molecular formula is C22H18BrClN2O5. The number of hydrogen-bond donors (Lipinski definition) is 1. The van der Waals surface area contributed by atoms with Gasteiger partial charge in [0, 0.05) is 23.7 Å². The minimum absolute atomic E-state index is 0.0908. The van der Waals surface area contributed by atoms with Crippen LogP contribution in [0.25, 0.3) is 0 Å². The molecule has 7 nitrogen and oxygen atoms in total. The zero-order valence-corrected chi connectivity index (χ0v) is 18.8. The van der Waals surface area contributed by atoms with Crippen molar-refractivity contribution in [1.29, 1.82) is 0 Å². The fourth-order valence-corrected chi connectivity index (χ4v) is 3.32. The molecule has 0 saturated carbocycles. The number of halogens is 2. The first kappa shape index (κ1) is 22.6. The molecule has 0 fully saturated rings. The molecule has 3 rings (SSSR count). The molecule has 0 unspecified atom stereocenters. The van der Waals surface area contributed by atoms with Gasteiger partial charge >= 0.3 is 0 Å². The number of nitro benzene ring substituents is 1. The lowest BCUT2D eigenvalue weighted by molar-refractivity contribution is -0.385.